The van der Waals surface area contributed by atoms with Gasteiger partial charge in [0.05, 0.1) is 12.1 Å². The highest BCUT2D eigenvalue weighted by Gasteiger charge is 2.15. The van der Waals surface area contributed by atoms with Crippen molar-refractivity contribution in [2.24, 2.45) is 0 Å². The molecule has 2 N–H and O–H groups in total. The number of nitrogen functional groups attached to an aromatic ring is 1. The number of nitrogens with two attached hydrogens (primary N) is 1. The van der Waals surface area contributed by atoms with E-state index in [-0.39, 0.29) is 0 Å². The molecule has 0 aliphatic heterocycles. The van der Waals surface area contributed by atoms with E-state index in [1.54, 1.807) is 7.11 Å². The molecule has 2 aromatic rings. The number of benzene rings is 1. The molecular formula is C15H21N3O. The maximum atomic E-state index is 5.82. The smallest absolute Gasteiger partial charge is 0.0743 e. The number of aromatic nitrogens is 1. The summed E-state index contributed by atoms with van der Waals surface area (Å²) in [6, 6.07) is 8.23. The highest BCUT2D eigenvalue weighted by Crippen LogP contribution is 2.28. The Balaban J connectivity index is 2.48. The summed E-state index contributed by atoms with van der Waals surface area (Å²) in [5.74, 6) is 0. The third-order valence-corrected chi connectivity index (χ3v) is 3.33. The van der Waals surface area contributed by atoms with Gasteiger partial charge in [-0.25, -0.2) is 0 Å². The monoisotopic (exact) mass is 259 g/mol. The minimum Gasteiger partial charge on any atom is -0.399 e. The molecule has 0 aliphatic carbocycles. The van der Waals surface area contributed by atoms with Gasteiger partial charge >= 0.3 is 0 Å². The molecule has 0 bridgehead atoms. The van der Waals surface area contributed by atoms with E-state index in [9.17, 15) is 0 Å². The molecule has 0 saturated carbocycles. The Bertz CT molecular complexity index is 556. The maximum Gasteiger partial charge on any atom is 0.0743 e. The summed E-state index contributed by atoms with van der Waals surface area (Å²) in [4.78, 5) is 6.71. The third kappa shape index (κ3) is 2.79. The van der Waals surface area contributed by atoms with Gasteiger partial charge in [-0.3, -0.25) is 4.98 Å². The number of anilines is 2. The minimum atomic E-state index is 0.318. The van der Waals surface area contributed by atoms with Gasteiger partial charge in [-0.2, -0.15) is 0 Å². The summed E-state index contributed by atoms with van der Waals surface area (Å²) < 4.78 is 5.26. The Morgan fingerprint density at radius 1 is 1.37 bits per heavy atom. The fourth-order valence-electron chi connectivity index (χ4n) is 2.45. The molecule has 1 atom stereocenters. The van der Waals surface area contributed by atoms with Gasteiger partial charge < -0.3 is 15.4 Å². The standard InChI is InChI=1S/C15H21N3O/c1-4-18(11(2)10-19-3)15-7-8-17-14-9-12(16)5-6-13(14)15/h5-9,11H,4,10,16H2,1-3H3. The molecule has 0 saturated heterocycles. The van der Waals surface area contributed by atoms with Crippen molar-refractivity contribution in [2.45, 2.75) is 19.9 Å². The molecule has 0 amide bonds. The predicted molar refractivity (Wildman–Crippen MR) is 80.5 cm³/mol. The normalized spacial score (nSPS) is 12.6. The predicted octanol–water partition coefficient (Wildman–Crippen LogP) is 2.68. The van der Waals surface area contributed by atoms with Crippen LogP contribution in [0.3, 0.4) is 0 Å². The maximum absolute atomic E-state index is 5.82. The van der Waals surface area contributed by atoms with Crippen LogP contribution in [0.4, 0.5) is 11.4 Å². The Morgan fingerprint density at radius 2 is 2.16 bits per heavy atom. The van der Waals surface area contributed by atoms with Crippen molar-refractivity contribution < 1.29 is 4.74 Å². The Hall–Kier alpha value is -1.81. The molecule has 1 heterocycles. The molecule has 1 aromatic heterocycles. The summed E-state index contributed by atoms with van der Waals surface area (Å²) >= 11 is 0. The van der Waals surface area contributed by atoms with Crippen molar-refractivity contribution in [3.8, 4) is 0 Å². The van der Waals surface area contributed by atoms with E-state index in [1.165, 1.54) is 5.69 Å². The molecule has 2 rings (SSSR count). The summed E-state index contributed by atoms with van der Waals surface area (Å²) in [6.45, 7) is 5.94. The van der Waals surface area contributed by atoms with Crippen LogP contribution in [-0.4, -0.2) is 31.3 Å². The lowest BCUT2D eigenvalue weighted by Gasteiger charge is -2.30. The van der Waals surface area contributed by atoms with Crippen LogP contribution >= 0.6 is 0 Å². The number of hydrogen-bond donors (Lipinski definition) is 1. The van der Waals surface area contributed by atoms with Gasteiger partial charge in [0.15, 0.2) is 0 Å². The molecule has 0 aliphatic rings. The molecule has 102 valence electrons. The number of fused-ring (bicyclic) bond motifs is 1. The largest absolute Gasteiger partial charge is 0.399 e. The molecule has 0 fully saturated rings. The van der Waals surface area contributed by atoms with Gasteiger partial charge in [0.1, 0.15) is 0 Å². The summed E-state index contributed by atoms with van der Waals surface area (Å²) in [6.07, 6.45) is 1.83. The van der Waals surface area contributed by atoms with Crippen LogP contribution in [0, 0.1) is 0 Å². The highest BCUT2D eigenvalue weighted by molar-refractivity contribution is 5.93. The first-order valence-electron chi connectivity index (χ1n) is 6.57. The molecule has 4 nitrogen and oxygen atoms in total. The Morgan fingerprint density at radius 3 is 2.84 bits per heavy atom. The molecule has 4 heteroatoms. The van der Waals surface area contributed by atoms with E-state index in [2.05, 4.69) is 23.7 Å². The lowest BCUT2D eigenvalue weighted by atomic mass is 10.1. The number of hydrogen-bond acceptors (Lipinski definition) is 4. The van der Waals surface area contributed by atoms with Crippen molar-refractivity contribution in [3.63, 3.8) is 0 Å². The van der Waals surface area contributed by atoms with E-state index >= 15 is 0 Å². The zero-order valence-electron chi connectivity index (χ0n) is 11.8. The first kappa shape index (κ1) is 13.6. The minimum absolute atomic E-state index is 0.318. The molecule has 1 unspecified atom stereocenters. The zero-order chi connectivity index (χ0) is 13.8. The number of pyridine rings is 1. The second-order valence-corrected chi connectivity index (χ2v) is 4.70. The van der Waals surface area contributed by atoms with Crippen molar-refractivity contribution in [1.82, 2.24) is 4.98 Å². The molecular weight excluding hydrogens is 238 g/mol. The van der Waals surface area contributed by atoms with E-state index in [1.807, 2.05) is 30.5 Å². The zero-order valence-corrected chi connectivity index (χ0v) is 11.8. The van der Waals surface area contributed by atoms with Crippen LogP contribution in [0.1, 0.15) is 13.8 Å². The summed E-state index contributed by atoms with van der Waals surface area (Å²) in [5.41, 5.74) is 8.67. The van der Waals surface area contributed by atoms with Crippen molar-refractivity contribution in [2.75, 3.05) is 30.9 Å². The van der Waals surface area contributed by atoms with Crippen LogP contribution in [0.5, 0.6) is 0 Å². The molecule has 1 aromatic carbocycles. The lowest BCUT2D eigenvalue weighted by molar-refractivity contribution is 0.182. The quantitative estimate of drug-likeness (QED) is 0.839. The second kappa shape index (κ2) is 5.89. The van der Waals surface area contributed by atoms with Crippen LogP contribution < -0.4 is 10.6 Å². The fraction of sp³-hybridized carbons (Fsp3) is 0.400. The molecule has 0 radical (unpaired) electrons. The molecule has 0 spiro atoms. The summed E-state index contributed by atoms with van der Waals surface area (Å²) in [7, 11) is 1.73. The fourth-order valence-corrected chi connectivity index (χ4v) is 2.45. The van der Waals surface area contributed by atoms with Crippen molar-refractivity contribution >= 4 is 22.3 Å². The van der Waals surface area contributed by atoms with E-state index in [4.69, 9.17) is 10.5 Å². The van der Waals surface area contributed by atoms with Gasteiger partial charge in [0, 0.05) is 42.7 Å². The van der Waals surface area contributed by atoms with Crippen LogP contribution in [0.15, 0.2) is 30.5 Å². The Labute approximate surface area is 114 Å². The SMILES string of the molecule is CCN(c1ccnc2cc(N)ccc12)C(C)COC. The van der Waals surface area contributed by atoms with Gasteiger partial charge in [-0.1, -0.05) is 0 Å². The van der Waals surface area contributed by atoms with Crippen molar-refractivity contribution in [1.29, 1.82) is 0 Å². The van der Waals surface area contributed by atoms with E-state index in [0.717, 1.165) is 23.1 Å². The molecule has 19 heavy (non-hydrogen) atoms. The highest BCUT2D eigenvalue weighted by atomic mass is 16.5. The van der Waals surface area contributed by atoms with Crippen LogP contribution in [0.2, 0.25) is 0 Å². The van der Waals surface area contributed by atoms with E-state index in [0.29, 0.717) is 12.6 Å². The summed E-state index contributed by atoms with van der Waals surface area (Å²) in [5, 5.41) is 1.13. The first-order valence-corrected chi connectivity index (χ1v) is 6.57. The number of rotatable bonds is 5. The van der Waals surface area contributed by atoms with Crippen molar-refractivity contribution in [3.05, 3.63) is 30.5 Å². The van der Waals surface area contributed by atoms with E-state index < -0.39 is 0 Å². The lowest BCUT2D eigenvalue weighted by Crippen LogP contribution is -2.36. The third-order valence-electron chi connectivity index (χ3n) is 3.33. The topological polar surface area (TPSA) is 51.4 Å². The van der Waals surface area contributed by atoms with Crippen LogP contribution in [0.25, 0.3) is 10.9 Å². The number of likely N-dealkylation sites (N-methyl/N-ethyl adjacent to an activating group) is 1. The van der Waals surface area contributed by atoms with Gasteiger partial charge in [-0.15, -0.1) is 0 Å². The van der Waals surface area contributed by atoms with Crippen LogP contribution in [-0.2, 0) is 4.74 Å². The van der Waals surface area contributed by atoms with Gasteiger partial charge in [0.25, 0.3) is 0 Å². The number of nitrogens with zero attached hydrogens (tertiary/aromatic N) is 2. The number of methoxy groups -OCH3 is 1. The average molecular weight is 259 g/mol. The first-order chi connectivity index (χ1) is 9.17. The average Bonchev–Trinajstić information content (AvgIpc) is 2.39. The van der Waals surface area contributed by atoms with Gasteiger partial charge in [0.2, 0.25) is 0 Å². The number of ether oxygens (including phenoxy) is 1. The van der Waals surface area contributed by atoms with Gasteiger partial charge in [-0.05, 0) is 38.1 Å². The second-order valence-electron chi connectivity index (χ2n) is 4.70. The Kier molecular flexibility index (Phi) is 4.22.